The molecule has 154 valence electrons. The number of phenols is 1. The summed E-state index contributed by atoms with van der Waals surface area (Å²) in [5.41, 5.74) is -1.39. The highest BCUT2D eigenvalue weighted by Crippen LogP contribution is 2.28. The number of phenolic OH excluding ortho intramolecular Hbond substituents is 1. The first-order chi connectivity index (χ1) is 13.2. The predicted octanol–water partition coefficient (Wildman–Crippen LogP) is 3.26. The fourth-order valence-corrected chi connectivity index (χ4v) is 2.66. The Morgan fingerprint density at radius 1 is 1.18 bits per heavy atom. The third-order valence-electron chi connectivity index (χ3n) is 4.37. The van der Waals surface area contributed by atoms with Crippen molar-refractivity contribution in [2.75, 3.05) is 26.2 Å². The molecule has 28 heavy (non-hydrogen) atoms. The highest BCUT2D eigenvalue weighted by atomic mass is 19.4. The molecule has 0 radical (unpaired) electrons. The summed E-state index contributed by atoms with van der Waals surface area (Å²) in [6, 6.07) is 4.16. The van der Waals surface area contributed by atoms with E-state index in [0.717, 1.165) is 19.2 Å². The van der Waals surface area contributed by atoms with Crippen molar-refractivity contribution in [3.05, 3.63) is 47.0 Å². The minimum atomic E-state index is -4.65. The van der Waals surface area contributed by atoms with Gasteiger partial charge in [-0.1, -0.05) is 19.9 Å². The number of alkyl halides is 3. The van der Waals surface area contributed by atoms with Crippen LogP contribution < -0.4 is 0 Å². The number of likely N-dealkylation sites (N-methyl/N-ethyl adjacent to an activating group) is 1. The van der Waals surface area contributed by atoms with Gasteiger partial charge in [0.15, 0.2) is 5.69 Å². The molecule has 0 aliphatic heterocycles. The van der Waals surface area contributed by atoms with Crippen molar-refractivity contribution in [2.45, 2.75) is 26.6 Å². The zero-order valence-corrected chi connectivity index (χ0v) is 15.6. The van der Waals surface area contributed by atoms with Crippen LogP contribution >= 0.6 is 0 Å². The molecule has 0 saturated carbocycles. The Hall–Kier alpha value is -2.62. The quantitative estimate of drug-likeness (QED) is 0.665. The molecule has 0 atom stereocenters. The standard InChI is InChI=1S/C18H22F4N4O2/c1-3-25(4-2)7-8-26(11-12-5-6-13(27)9-14(12)19)17(28)15-10-16(24-23-15)18(20,21)22/h5-6,9-10,27H,3-4,7-8,11H2,1-2H3,(H,23,24). The minimum Gasteiger partial charge on any atom is -0.508 e. The van der Waals surface area contributed by atoms with E-state index in [1.54, 1.807) is 0 Å². The lowest BCUT2D eigenvalue weighted by atomic mass is 10.1. The van der Waals surface area contributed by atoms with Crippen molar-refractivity contribution in [1.82, 2.24) is 20.0 Å². The van der Waals surface area contributed by atoms with E-state index in [4.69, 9.17) is 0 Å². The fraction of sp³-hybridized carbons (Fsp3) is 0.444. The van der Waals surface area contributed by atoms with E-state index in [9.17, 15) is 27.5 Å². The van der Waals surface area contributed by atoms with Crippen molar-refractivity contribution >= 4 is 5.91 Å². The molecule has 1 aromatic carbocycles. The van der Waals surface area contributed by atoms with E-state index in [1.807, 2.05) is 23.8 Å². The van der Waals surface area contributed by atoms with E-state index >= 15 is 0 Å². The van der Waals surface area contributed by atoms with Crippen LogP contribution in [0.5, 0.6) is 5.75 Å². The molecule has 0 unspecified atom stereocenters. The number of hydrogen-bond donors (Lipinski definition) is 2. The Bertz CT molecular complexity index is 803. The fourth-order valence-electron chi connectivity index (χ4n) is 2.66. The Morgan fingerprint density at radius 3 is 2.39 bits per heavy atom. The topological polar surface area (TPSA) is 72.5 Å². The van der Waals surface area contributed by atoms with Crippen molar-refractivity contribution in [2.24, 2.45) is 0 Å². The third-order valence-corrected chi connectivity index (χ3v) is 4.37. The zero-order valence-electron chi connectivity index (χ0n) is 15.6. The van der Waals surface area contributed by atoms with Gasteiger partial charge < -0.3 is 14.9 Å². The molecule has 0 bridgehead atoms. The number of halogens is 4. The van der Waals surface area contributed by atoms with Gasteiger partial charge in [-0.25, -0.2) is 4.39 Å². The first kappa shape index (κ1) is 21.7. The number of aromatic amines is 1. The monoisotopic (exact) mass is 402 g/mol. The summed E-state index contributed by atoms with van der Waals surface area (Å²) in [6.07, 6.45) is -4.65. The second kappa shape index (κ2) is 9.05. The summed E-state index contributed by atoms with van der Waals surface area (Å²) in [5, 5.41) is 14.6. The summed E-state index contributed by atoms with van der Waals surface area (Å²) in [4.78, 5) is 16.0. The van der Waals surface area contributed by atoms with Gasteiger partial charge in [0.25, 0.3) is 5.91 Å². The van der Waals surface area contributed by atoms with E-state index in [-0.39, 0.29) is 24.4 Å². The first-order valence-corrected chi connectivity index (χ1v) is 8.77. The molecular weight excluding hydrogens is 380 g/mol. The van der Waals surface area contributed by atoms with Crippen LogP contribution in [-0.2, 0) is 12.7 Å². The van der Waals surface area contributed by atoms with Crippen molar-refractivity contribution in [1.29, 1.82) is 0 Å². The molecule has 1 aromatic heterocycles. The van der Waals surface area contributed by atoms with Crippen LogP contribution in [0.25, 0.3) is 0 Å². The third kappa shape index (κ3) is 5.44. The highest BCUT2D eigenvalue weighted by molar-refractivity contribution is 5.92. The van der Waals surface area contributed by atoms with Gasteiger partial charge in [0.2, 0.25) is 0 Å². The van der Waals surface area contributed by atoms with Crippen molar-refractivity contribution < 1.29 is 27.5 Å². The lowest BCUT2D eigenvalue weighted by Gasteiger charge is -2.26. The second-order valence-electron chi connectivity index (χ2n) is 6.19. The van der Waals surface area contributed by atoms with Crippen LogP contribution in [-0.4, -0.2) is 57.2 Å². The number of nitrogens with one attached hydrogen (secondary N) is 1. The Kier molecular flexibility index (Phi) is 7.00. The zero-order chi connectivity index (χ0) is 20.9. The van der Waals surface area contributed by atoms with Crippen LogP contribution in [0.15, 0.2) is 24.3 Å². The van der Waals surface area contributed by atoms with Gasteiger partial charge in [0.05, 0.1) is 0 Å². The maximum Gasteiger partial charge on any atom is 0.432 e. The molecule has 2 aromatic rings. The van der Waals surface area contributed by atoms with E-state index in [2.05, 4.69) is 5.10 Å². The maximum absolute atomic E-state index is 14.1. The Balaban J connectivity index is 2.25. The summed E-state index contributed by atoms with van der Waals surface area (Å²) < 4.78 is 52.4. The summed E-state index contributed by atoms with van der Waals surface area (Å²) >= 11 is 0. The molecule has 10 heteroatoms. The van der Waals surface area contributed by atoms with Crippen LogP contribution in [0, 0.1) is 5.82 Å². The average molecular weight is 402 g/mol. The minimum absolute atomic E-state index is 0.136. The molecule has 6 nitrogen and oxygen atoms in total. The SMILES string of the molecule is CCN(CC)CCN(Cc1ccc(O)cc1F)C(=O)c1cc(C(F)(F)F)[nH]n1. The lowest BCUT2D eigenvalue weighted by molar-refractivity contribution is -0.141. The lowest BCUT2D eigenvalue weighted by Crippen LogP contribution is -2.38. The highest BCUT2D eigenvalue weighted by Gasteiger charge is 2.34. The van der Waals surface area contributed by atoms with E-state index < -0.39 is 29.3 Å². The van der Waals surface area contributed by atoms with Gasteiger partial charge >= 0.3 is 6.18 Å². The number of nitrogens with zero attached hydrogens (tertiary/aromatic N) is 3. The number of amides is 1. The van der Waals surface area contributed by atoms with Crippen molar-refractivity contribution in [3.63, 3.8) is 0 Å². The average Bonchev–Trinajstić information content (AvgIpc) is 3.13. The largest absolute Gasteiger partial charge is 0.508 e. The number of hydrogen-bond acceptors (Lipinski definition) is 4. The van der Waals surface area contributed by atoms with Crippen LogP contribution in [0.4, 0.5) is 17.6 Å². The maximum atomic E-state index is 14.1. The predicted molar refractivity (Wildman–Crippen MR) is 94.2 cm³/mol. The van der Waals surface area contributed by atoms with Gasteiger partial charge in [-0.3, -0.25) is 9.89 Å². The molecule has 0 aliphatic carbocycles. The van der Waals surface area contributed by atoms with Gasteiger partial charge in [-0.2, -0.15) is 18.3 Å². The molecule has 2 rings (SSSR count). The molecule has 1 amide bonds. The van der Waals surface area contributed by atoms with Crippen LogP contribution in [0.3, 0.4) is 0 Å². The number of rotatable bonds is 8. The Labute approximate surface area is 159 Å². The van der Waals surface area contributed by atoms with Gasteiger partial charge in [0, 0.05) is 37.3 Å². The number of carbonyl (C=O) groups is 1. The molecule has 2 N–H and O–H groups in total. The molecule has 0 spiro atoms. The summed E-state index contributed by atoms with van der Waals surface area (Å²) in [7, 11) is 0. The molecule has 0 fully saturated rings. The molecular formula is C18H22F4N4O2. The second-order valence-corrected chi connectivity index (χ2v) is 6.19. The molecule has 0 aliphatic rings. The van der Waals surface area contributed by atoms with Gasteiger partial charge in [-0.15, -0.1) is 0 Å². The number of aromatic nitrogens is 2. The number of benzene rings is 1. The van der Waals surface area contributed by atoms with Crippen molar-refractivity contribution in [3.8, 4) is 5.75 Å². The van der Waals surface area contributed by atoms with Gasteiger partial charge in [-0.05, 0) is 19.2 Å². The van der Waals surface area contributed by atoms with E-state index in [0.29, 0.717) is 12.6 Å². The first-order valence-electron chi connectivity index (χ1n) is 8.77. The van der Waals surface area contributed by atoms with Gasteiger partial charge in [0.1, 0.15) is 17.3 Å². The Morgan fingerprint density at radius 2 is 1.86 bits per heavy atom. The van der Waals surface area contributed by atoms with Crippen LogP contribution in [0.1, 0.15) is 35.6 Å². The smallest absolute Gasteiger partial charge is 0.432 e. The summed E-state index contributed by atoms with van der Waals surface area (Å²) in [6.45, 7) is 5.82. The number of aromatic hydroxyl groups is 1. The molecule has 0 saturated heterocycles. The van der Waals surface area contributed by atoms with E-state index in [1.165, 1.54) is 17.0 Å². The normalized spacial score (nSPS) is 11.8. The number of carbonyl (C=O) groups excluding carboxylic acids is 1. The van der Waals surface area contributed by atoms with Crippen LogP contribution in [0.2, 0.25) is 0 Å². The summed E-state index contributed by atoms with van der Waals surface area (Å²) in [5.74, 6) is -1.71. The molecule has 1 heterocycles. The number of H-pyrrole nitrogens is 1.